The molecule has 10 heteroatoms. The highest BCUT2D eigenvalue weighted by Crippen LogP contribution is 2.23. The van der Waals surface area contributed by atoms with Crippen LogP contribution in [-0.4, -0.2) is 53.3 Å². The largest absolute Gasteiger partial charge is 0.460 e. The molecule has 0 aromatic heterocycles. The molecule has 2 rings (SSSR count). The summed E-state index contributed by atoms with van der Waals surface area (Å²) < 4.78 is 10.4. The van der Waals surface area contributed by atoms with Crippen molar-refractivity contribution in [3.63, 3.8) is 0 Å². The van der Waals surface area contributed by atoms with Gasteiger partial charge in [0.2, 0.25) is 5.91 Å². The Labute approximate surface area is 228 Å². The average Bonchev–Trinajstić information content (AvgIpc) is 2.93. The monoisotopic (exact) mass is 537 g/mol. The summed E-state index contributed by atoms with van der Waals surface area (Å²) in [7, 11) is 0. The van der Waals surface area contributed by atoms with Gasteiger partial charge in [-0.25, -0.2) is 0 Å². The molecule has 3 amide bonds. The lowest BCUT2D eigenvalue weighted by molar-refractivity contribution is -0.154. The smallest absolute Gasteiger partial charge is 0.310 e. The zero-order valence-electron chi connectivity index (χ0n) is 21.9. The highest BCUT2D eigenvalue weighted by Gasteiger charge is 2.35. The van der Waals surface area contributed by atoms with E-state index in [0.717, 1.165) is 16.0 Å². The molecule has 0 aliphatic heterocycles. The van der Waals surface area contributed by atoms with E-state index in [-0.39, 0.29) is 38.2 Å². The summed E-state index contributed by atoms with van der Waals surface area (Å²) in [4.78, 5) is 62.5. The molecule has 0 aliphatic rings. The molecule has 2 atom stereocenters. The van der Waals surface area contributed by atoms with Crippen LogP contribution >= 0.6 is 0 Å². The van der Waals surface area contributed by atoms with Crippen molar-refractivity contribution in [2.45, 2.75) is 66.5 Å². The van der Waals surface area contributed by atoms with Crippen LogP contribution in [0.1, 0.15) is 64.7 Å². The van der Waals surface area contributed by atoms with Gasteiger partial charge in [0.05, 0.1) is 6.07 Å². The molecule has 0 aliphatic carbocycles. The maximum atomic E-state index is 13.2. The molecule has 0 radical (unpaired) electrons. The van der Waals surface area contributed by atoms with Gasteiger partial charge in [-0.15, -0.1) is 0 Å². The van der Waals surface area contributed by atoms with Gasteiger partial charge < -0.3 is 14.8 Å². The van der Waals surface area contributed by atoms with Crippen LogP contribution < -0.4 is 10.1 Å². The number of hydrogen-bond acceptors (Lipinski definition) is 8. The minimum absolute atomic E-state index is 0. The van der Waals surface area contributed by atoms with Crippen molar-refractivity contribution in [1.29, 1.82) is 5.26 Å². The Balaban J connectivity index is 0.00000760. The van der Waals surface area contributed by atoms with Crippen LogP contribution in [0.2, 0.25) is 0 Å². The Morgan fingerprint density at radius 3 is 1.90 bits per heavy atom. The number of esters is 2. The first-order chi connectivity index (χ1) is 18.1. The average molecular weight is 538 g/mol. The third kappa shape index (κ3) is 9.07. The van der Waals surface area contributed by atoms with Crippen molar-refractivity contribution < 1.29 is 33.4 Å². The van der Waals surface area contributed by atoms with Crippen LogP contribution in [-0.2, 0) is 23.9 Å². The van der Waals surface area contributed by atoms with Gasteiger partial charge in [-0.1, -0.05) is 52.5 Å². The molecule has 39 heavy (non-hydrogen) atoms. The molecule has 1 N–H and O–H groups in total. The molecule has 0 heterocycles. The van der Waals surface area contributed by atoms with Gasteiger partial charge in [0.25, 0.3) is 11.8 Å². The van der Waals surface area contributed by atoms with Crippen molar-refractivity contribution in [1.82, 2.24) is 10.2 Å². The number of imide groups is 1. The van der Waals surface area contributed by atoms with Crippen LogP contribution in [0.4, 0.5) is 0 Å². The number of nitrogens with one attached hydrogen (secondary N) is 1. The summed E-state index contributed by atoms with van der Waals surface area (Å²) in [5.74, 6) is -2.56. The quantitative estimate of drug-likeness (QED) is 0.257. The van der Waals surface area contributed by atoms with E-state index in [2.05, 4.69) is 5.32 Å². The summed E-state index contributed by atoms with van der Waals surface area (Å²) in [6, 6.07) is 13.8. The van der Waals surface area contributed by atoms with Crippen molar-refractivity contribution in [3.8, 4) is 22.9 Å². The number of carbonyl (C=O) groups is 5. The molecular weight excluding hydrogens is 502 g/mol. The number of benzene rings is 2. The van der Waals surface area contributed by atoms with Gasteiger partial charge in [0, 0.05) is 24.8 Å². The molecule has 2 aromatic carbocycles. The van der Waals surface area contributed by atoms with Crippen LogP contribution in [0.25, 0.3) is 11.1 Å². The molecule has 0 saturated heterocycles. The fraction of sp³-hybridized carbons (Fsp3) is 0.379. The van der Waals surface area contributed by atoms with Crippen molar-refractivity contribution in [2.24, 2.45) is 0 Å². The molecular formula is C29H35N3O7. The fourth-order valence-corrected chi connectivity index (χ4v) is 3.41. The summed E-state index contributed by atoms with van der Waals surface area (Å²) in [5.41, 5.74) is 1.84. The maximum absolute atomic E-state index is 13.2. The minimum Gasteiger partial charge on any atom is -0.460 e. The van der Waals surface area contributed by atoms with E-state index in [4.69, 9.17) is 14.7 Å². The number of ether oxygens (including phenoxy) is 2. The van der Waals surface area contributed by atoms with Crippen LogP contribution in [0.3, 0.4) is 0 Å². The van der Waals surface area contributed by atoms with E-state index < -0.39 is 42.4 Å². The van der Waals surface area contributed by atoms with Gasteiger partial charge in [-0.05, 0) is 42.3 Å². The highest BCUT2D eigenvalue weighted by molar-refractivity contribution is 6.02. The summed E-state index contributed by atoms with van der Waals surface area (Å²) in [6.07, 6.45) is -0.800. The maximum Gasteiger partial charge on any atom is 0.310 e. The number of hydrogen-bond donors (Lipinski definition) is 1. The molecule has 0 bridgehead atoms. The van der Waals surface area contributed by atoms with Gasteiger partial charge in [0.1, 0.15) is 24.4 Å². The van der Waals surface area contributed by atoms with Gasteiger partial charge in [-0.3, -0.25) is 28.9 Å². The van der Waals surface area contributed by atoms with Gasteiger partial charge >= 0.3 is 11.9 Å². The standard InChI is InChI=1S/C28H31N3O7.CH4/c1-5-23(32)31(17-16-29)28(36)26(18(4)37-24(33)6-2)30-27(35)21-10-8-19(9-11-21)20-12-14-22(15-13-20)38-25(34)7-3;/h8-15,18,26H,5-7,17H2,1-4H3,(H,30,35);1H4/t18-,26+;/m1./s1. The van der Waals surface area contributed by atoms with E-state index in [1.165, 1.54) is 6.92 Å². The first-order valence-corrected chi connectivity index (χ1v) is 12.3. The molecule has 0 fully saturated rings. The lowest BCUT2D eigenvalue weighted by Crippen LogP contribution is -2.56. The van der Waals surface area contributed by atoms with Crippen LogP contribution in [0.5, 0.6) is 5.75 Å². The lowest BCUT2D eigenvalue weighted by Gasteiger charge is -2.28. The van der Waals surface area contributed by atoms with E-state index >= 15 is 0 Å². The molecule has 10 nitrogen and oxygen atoms in total. The Morgan fingerprint density at radius 2 is 1.41 bits per heavy atom. The second-order valence-electron chi connectivity index (χ2n) is 8.26. The normalized spacial score (nSPS) is 11.6. The number of amides is 3. The van der Waals surface area contributed by atoms with Crippen molar-refractivity contribution in [3.05, 3.63) is 54.1 Å². The van der Waals surface area contributed by atoms with Crippen molar-refractivity contribution >= 4 is 29.7 Å². The minimum atomic E-state index is -1.39. The number of carbonyl (C=O) groups excluding carboxylic acids is 5. The number of nitriles is 1. The molecule has 0 spiro atoms. The predicted octanol–water partition coefficient (Wildman–Crippen LogP) is 4.03. The third-order valence-electron chi connectivity index (χ3n) is 5.58. The number of rotatable bonds is 11. The Morgan fingerprint density at radius 1 is 0.872 bits per heavy atom. The SMILES string of the molecule is C.CCC(=O)Oc1ccc(-c2ccc(C(=O)N[C@H](C(=O)N(CC#N)C(=O)CC)[C@@H](C)OC(=O)CC)cc2)cc1. The Kier molecular flexibility index (Phi) is 13.1. The van der Waals surface area contributed by atoms with Gasteiger partial charge in [-0.2, -0.15) is 5.26 Å². The molecule has 0 saturated carbocycles. The molecule has 208 valence electrons. The molecule has 2 aromatic rings. The Hall–Kier alpha value is -4.52. The predicted molar refractivity (Wildman–Crippen MR) is 144 cm³/mol. The van der Waals surface area contributed by atoms with E-state index in [1.807, 2.05) is 0 Å². The summed E-state index contributed by atoms with van der Waals surface area (Å²) in [5, 5.41) is 11.6. The first kappa shape index (κ1) is 32.5. The van der Waals surface area contributed by atoms with E-state index in [1.54, 1.807) is 75.4 Å². The second kappa shape index (κ2) is 15.7. The van der Waals surface area contributed by atoms with Crippen LogP contribution in [0.15, 0.2) is 48.5 Å². The summed E-state index contributed by atoms with van der Waals surface area (Å²) in [6.45, 7) is 5.76. The zero-order chi connectivity index (χ0) is 28.2. The fourth-order valence-electron chi connectivity index (χ4n) is 3.41. The third-order valence-corrected chi connectivity index (χ3v) is 5.58. The van der Waals surface area contributed by atoms with E-state index in [0.29, 0.717) is 5.75 Å². The van der Waals surface area contributed by atoms with E-state index in [9.17, 15) is 24.0 Å². The summed E-state index contributed by atoms with van der Waals surface area (Å²) >= 11 is 0. The van der Waals surface area contributed by atoms with Gasteiger partial charge in [0.15, 0.2) is 0 Å². The Bertz CT molecular complexity index is 1200. The lowest BCUT2D eigenvalue weighted by atomic mass is 10.0. The zero-order valence-corrected chi connectivity index (χ0v) is 21.9. The highest BCUT2D eigenvalue weighted by atomic mass is 16.5. The number of nitrogens with zero attached hydrogens (tertiary/aromatic N) is 2. The topological polar surface area (TPSA) is 143 Å². The van der Waals surface area contributed by atoms with Crippen LogP contribution in [0, 0.1) is 11.3 Å². The second-order valence-corrected chi connectivity index (χ2v) is 8.26. The first-order valence-electron chi connectivity index (χ1n) is 12.3. The van der Waals surface area contributed by atoms with Crippen molar-refractivity contribution in [2.75, 3.05) is 6.54 Å². The molecule has 0 unspecified atom stereocenters.